The standard InChI is InChI=1S/C24H29N3O3S/c1-4-16-26(24(25)28)17-15-21-18(2)27(20-13-9-6-10-14-20)23(31(3,29)30)22(21)19-11-7-5-8-12-19/h5-14H,4,15-17H2,1-3H3,(H2,25,28). The van der Waals surface area contributed by atoms with Gasteiger partial charge in [0.1, 0.15) is 5.03 Å². The molecule has 0 spiro atoms. The molecule has 1 heterocycles. The molecule has 0 saturated heterocycles. The first-order valence-electron chi connectivity index (χ1n) is 10.3. The Labute approximate surface area is 184 Å². The molecular formula is C24H29N3O3S. The van der Waals surface area contributed by atoms with Crippen LogP contribution in [0.5, 0.6) is 0 Å². The molecular weight excluding hydrogens is 410 g/mol. The van der Waals surface area contributed by atoms with Crippen LogP contribution in [0.4, 0.5) is 4.79 Å². The monoisotopic (exact) mass is 439 g/mol. The second kappa shape index (κ2) is 9.39. The van der Waals surface area contributed by atoms with E-state index in [4.69, 9.17) is 5.73 Å². The predicted molar refractivity (Wildman–Crippen MR) is 124 cm³/mol. The van der Waals surface area contributed by atoms with Crippen LogP contribution in [0.2, 0.25) is 0 Å². The Morgan fingerprint density at radius 2 is 1.58 bits per heavy atom. The van der Waals surface area contributed by atoms with E-state index in [2.05, 4.69) is 0 Å². The van der Waals surface area contributed by atoms with E-state index < -0.39 is 15.9 Å². The molecule has 2 N–H and O–H groups in total. The number of nitrogens with zero attached hydrogens (tertiary/aromatic N) is 2. The van der Waals surface area contributed by atoms with E-state index in [1.807, 2.05) is 74.5 Å². The van der Waals surface area contributed by atoms with Gasteiger partial charge in [-0.25, -0.2) is 13.2 Å². The van der Waals surface area contributed by atoms with E-state index in [-0.39, 0.29) is 5.03 Å². The Kier molecular flexibility index (Phi) is 6.85. The third kappa shape index (κ3) is 4.82. The number of aromatic nitrogens is 1. The Balaban J connectivity index is 2.26. The van der Waals surface area contributed by atoms with E-state index in [0.29, 0.717) is 25.1 Å². The van der Waals surface area contributed by atoms with Crippen molar-refractivity contribution in [2.75, 3.05) is 19.3 Å². The number of sulfone groups is 1. The number of rotatable bonds is 8. The van der Waals surface area contributed by atoms with Crippen LogP contribution in [0.3, 0.4) is 0 Å². The summed E-state index contributed by atoms with van der Waals surface area (Å²) in [5, 5.41) is 0.263. The summed E-state index contributed by atoms with van der Waals surface area (Å²) in [5.74, 6) is 0. The van der Waals surface area contributed by atoms with Crippen LogP contribution in [0.1, 0.15) is 24.6 Å². The molecule has 0 aliphatic heterocycles. The van der Waals surface area contributed by atoms with E-state index in [9.17, 15) is 13.2 Å². The molecule has 0 unspecified atom stereocenters. The van der Waals surface area contributed by atoms with Crippen LogP contribution in [-0.4, -0.2) is 43.3 Å². The second-order valence-electron chi connectivity index (χ2n) is 7.63. The molecule has 7 heteroatoms. The number of amides is 2. The second-order valence-corrected chi connectivity index (χ2v) is 9.56. The molecule has 2 amide bonds. The van der Waals surface area contributed by atoms with Gasteiger partial charge in [0.2, 0.25) is 0 Å². The molecule has 0 saturated carbocycles. The fourth-order valence-corrected chi connectivity index (χ4v) is 5.19. The Bertz CT molecular complexity index is 1150. The lowest BCUT2D eigenvalue weighted by molar-refractivity contribution is 0.208. The zero-order valence-electron chi connectivity index (χ0n) is 18.2. The lowest BCUT2D eigenvalue weighted by Gasteiger charge is -2.20. The Morgan fingerprint density at radius 3 is 2.10 bits per heavy atom. The number of hydrogen-bond donors (Lipinski definition) is 1. The highest BCUT2D eigenvalue weighted by Gasteiger charge is 2.28. The molecule has 164 valence electrons. The Hall–Kier alpha value is -3.06. The fourth-order valence-electron chi connectivity index (χ4n) is 4.01. The summed E-state index contributed by atoms with van der Waals surface area (Å²) in [6, 6.07) is 18.5. The van der Waals surface area contributed by atoms with Crippen LogP contribution in [0, 0.1) is 6.92 Å². The summed E-state index contributed by atoms with van der Waals surface area (Å²) < 4.78 is 27.9. The zero-order valence-corrected chi connectivity index (χ0v) is 19.0. The molecule has 2 aromatic carbocycles. The minimum absolute atomic E-state index is 0.263. The van der Waals surface area contributed by atoms with Crippen molar-refractivity contribution in [2.24, 2.45) is 5.73 Å². The molecule has 0 fully saturated rings. The lowest BCUT2D eigenvalue weighted by Crippen LogP contribution is -2.37. The summed E-state index contributed by atoms with van der Waals surface area (Å²) in [6.45, 7) is 4.90. The number of hydrogen-bond acceptors (Lipinski definition) is 3. The first kappa shape index (κ1) is 22.6. The highest BCUT2D eigenvalue weighted by atomic mass is 32.2. The van der Waals surface area contributed by atoms with Crippen molar-refractivity contribution in [3.8, 4) is 16.8 Å². The van der Waals surface area contributed by atoms with Crippen molar-refractivity contribution in [1.29, 1.82) is 0 Å². The Morgan fingerprint density at radius 1 is 1.00 bits per heavy atom. The van der Waals surface area contributed by atoms with Crippen molar-refractivity contribution >= 4 is 15.9 Å². The van der Waals surface area contributed by atoms with Crippen molar-refractivity contribution in [1.82, 2.24) is 9.47 Å². The van der Waals surface area contributed by atoms with Crippen LogP contribution in [0.15, 0.2) is 65.7 Å². The summed E-state index contributed by atoms with van der Waals surface area (Å²) in [5.41, 5.74) is 9.59. The normalized spacial score (nSPS) is 11.5. The first-order valence-corrected chi connectivity index (χ1v) is 12.2. The van der Waals surface area contributed by atoms with Crippen LogP contribution >= 0.6 is 0 Å². The van der Waals surface area contributed by atoms with Crippen molar-refractivity contribution < 1.29 is 13.2 Å². The number of carbonyl (C=O) groups is 1. The number of primary amides is 1. The van der Waals surface area contributed by atoms with Gasteiger partial charge in [0, 0.05) is 36.3 Å². The summed E-state index contributed by atoms with van der Waals surface area (Å²) in [7, 11) is -3.57. The molecule has 3 rings (SSSR count). The lowest BCUT2D eigenvalue weighted by atomic mass is 10.0. The smallest absolute Gasteiger partial charge is 0.314 e. The average Bonchev–Trinajstić information content (AvgIpc) is 3.05. The van der Waals surface area contributed by atoms with Gasteiger partial charge in [-0.05, 0) is 43.0 Å². The third-order valence-corrected chi connectivity index (χ3v) is 6.45. The quantitative estimate of drug-likeness (QED) is 0.571. The molecule has 3 aromatic rings. The topological polar surface area (TPSA) is 85.4 Å². The van der Waals surface area contributed by atoms with Crippen LogP contribution in [0.25, 0.3) is 16.8 Å². The largest absolute Gasteiger partial charge is 0.351 e. The van der Waals surface area contributed by atoms with Gasteiger partial charge in [-0.15, -0.1) is 0 Å². The molecule has 1 aromatic heterocycles. The van der Waals surface area contributed by atoms with Gasteiger partial charge in [-0.1, -0.05) is 55.5 Å². The number of urea groups is 1. The molecule has 0 aliphatic carbocycles. The predicted octanol–water partition coefficient (Wildman–Crippen LogP) is 4.19. The van der Waals surface area contributed by atoms with Crippen molar-refractivity contribution in [2.45, 2.75) is 31.7 Å². The maximum absolute atomic E-state index is 13.0. The SMILES string of the molecule is CCCN(CCc1c(-c2ccccc2)c(S(C)(=O)=O)n(-c2ccccc2)c1C)C(N)=O. The van der Waals surface area contributed by atoms with Crippen LogP contribution < -0.4 is 5.73 Å². The van der Waals surface area contributed by atoms with E-state index in [1.54, 1.807) is 9.47 Å². The molecule has 31 heavy (non-hydrogen) atoms. The van der Waals surface area contributed by atoms with Crippen molar-refractivity contribution in [3.63, 3.8) is 0 Å². The third-order valence-electron chi connectivity index (χ3n) is 5.36. The number of carbonyl (C=O) groups excluding carboxylic acids is 1. The van der Waals surface area contributed by atoms with Crippen LogP contribution in [-0.2, 0) is 16.3 Å². The van der Waals surface area contributed by atoms with E-state index in [0.717, 1.165) is 28.9 Å². The fraction of sp³-hybridized carbons (Fsp3) is 0.292. The highest BCUT2D eigenvalue weighted by Crippen LogP contribution is 2.38. The molecule has 0 atom stereocenters. The minimum Gasteiger partial charge on any atom is -0.351 e. The molecule has 0 bridgehead atoms. The zero-order chi connectivity index (χ0) is 22.6. The molecule has 0 radical (unpaired) electrons. The van der Waals surface area contributed by atoms with Gasteiger partial charge < -0.3 is 15.2 Å². The maximum atomic E-state index is 13.0. The van der Waals surface area contributed by atoms with Gasteiger partial charge in [0.05, 0.1) is 0 Å². The van der Waals surface area contributed by atoms with Gasteiger partial charge in [-0.3, -0.25) is 0 Å². The summed E-state index contributed by atoms with van der Waals surface area (Å²) >= 11 is 0. The van der Waals surface area contributed by atoms with Gasteiger partial charge in [0.25, 0.3) is 0 Å². The number of benzene rings is 2. The first-order chi connectivity index (χ1) is 14.8. The molecule has 6 nitrogen and oxygen atoms in total. The highest BCUT2D eigenvalue weighted by molar-refractivity contribution is 7.90. The van der Waals surface area contributed by atoms with Gasteiger partial charge >= 0.3 is 6.03 Å². The summed E-state index contributed by atoms with van der Waals surface area (Å²) in [4.78, 5) is 13.5. The van der Waals surface area contributed by atoms with E-state index in [1.165, 1.54) is 6.26 Å². The summed E-state index contributed by atoms with van der Waals surface area (Å²) in [6.07, 6.45) is 2.54. The van der Waals surface area contributed by atoms with Gasteiger partial charge in [-0.2, -0.15) is 0 Å². The maximum Gasteiger partial charge on any atom is 0.314 e. The minimum atomic E-state index is -3.57. The number of para-hydroxylation sites is 1. The van der Waals surface area contributed by atoms with Crippen molar-refractivity contribution in [3.05, 3.63) is 71.9 Å². The van der Waals surface area contributed by atoms with Gasteiger partial charge in [0.15, 0.2) is 9.84 Å². The average molecular weight is 440 g/mol. The van der Waals surface area contributed by atoms with E-state index >= 15 is 0 Å². The molecule has 0 aliphatic rings. The number of nitrogens with two attached hydrogens (primary N) is 1.